The van der Waals surface area contributed by atoms with Crippen molar-refractivity contribution in [3.8, 4) is 0 Å². The van der Waals surface area contributed by atoms with Crippen LogP contribution in [-0.4, -0.2) is 38.6 Å². The molecule has 1 spiro atoms. The Morgan fingerprint density at radius 3 is 2.55 bits per heavy atom. The first-order valence-electron chi connectivity index (χ1n) is 7.97. The van der Waals surface area contributed by atoms with Gasteiger partial charge in [0, 0.05) is 0 Å². The molecule has 4 atom stereocenters. The van der Waals surface area contributed by atoms with Crippen molar-refractivity contribution in [2.45, 2.75) is 36.3 Å². The van der Waals surface area contributed by atoms with Crippen molar-refractivity contribution in [3.05, 3.63) is 30.3 Å². The number of fused-ring (bicyclic) bond motifs is 3. The van der Waals surface area contributed by atoms with Gasteiger partial charge in [0.05, 0.1) is 0 Å². The number of rotatable bonds is 2. The zero-order valence-corrected chi connectivity index (χ0v) is 14.1. The molecule has 22 heavy (non-hydrogen) atoms. The maximum absolute atomic E-state index is 13.0. The third-order valence-electron chi connectivity index (χ3n) is 5.26. The normalized spacial score (nSPS) is 34.7. The maximum atomic E-state index is 13.0. The molecule has 1 aromatic carbocycles. The zero-order chi connectivity index (χ0) is 15.2. The van der Waals surface area contributed by atoms with Crippen molar-refractivity contribution in [2.24, 2.45) is 11.8 Å². The van der Waals surface area contributed by atoms with E-state index in [0.717, 1.165) is 23.7 Å². The Bertz CT molecular complexity index is 594. The van der Waals surface area contributed by atoms with Crippen LogP contribution in [0.5, 0.6) is 0 Å². The molecule has 0 radical (unpaired) electrons. The fourth-order valence-corrected chi connectivity index (χ4v) is 7.44. The number of ketones is 1. The minimum absolute atomic E-state index is 0.0473. The predicted molar refractivity (Wildman–Crippen MR) is 81.4 cm³/mol. The Morgan fingerprint density at radius 1 is 1.09 bits per heavy atom. The molecule has 0 amide bonds. The minimum atomic E-state index is -2.37. The summed E-state index contributed by atoms with van der Waals surface area (Å²) in [4.78, 5) is 12.4. The number of hydrogen-bond acceptors (Lipinski definition) is 4. The van der Waals surface area contributed by atoms with E-state index < -0.39 is 19.6 Å². The molecule has 1 heterocycles. The van der Waals surface area contributed by atoms with Gasteiger partial charge in [-0.1, -0.05) is 0 Å². The molecule has 0 N–H and O–H groups in total. The van der Waals surface area contributed by atoms with E-state index in [-0.39, 0.29) is 22.4 Å². The van der Waals surface area contributed by atoms with Crippen molar-refractivity contribution in [2.75, 3.05) is 13.2 Å². The summed E-state index contributed by atoms with van der Waals surface area (Å²) in [6, 6.07) is 9.46. The number of benzene rings is 1. The van der Waals surface area contributed by atoms with Crippen molar-refractivity contribution in [3.63, 3.8) is 0 Å². The molecule has 3 aliphatic rings. The van der Waals surface area contributed by atoms with Crippen LogP contribution in [0.4, 0.5) is 0 Å². The van der Waals surface area contributed by atoms with E-state index in [1.807, 2.05) is 30.3 Å². The second-order valence-corrected chi connectivity index (χ2v) is 9.85. The molecule has 118 valence electrons. The van der Waals surface area contributed by atoms with Gasteiger partial charge in [0.25, 0.3) is 0 Å². The molecule has 4 unspecified atom stereocenters. The van der Waals surface area contributed by atoms with E-state index in [0.29, 0.717) is 19.6 Å². The summed E-state index contributed by atoms with van der Waals surface area (Å²) in [6.07, 6.45) is 3.09. The second kappa shape index (κ2) is 5.64. The molecule has 4 nitrogen and oxygen atoms in total. The topological polar surface area (TPSA) is 52.6 Å². The molecule has 2 aliphatic carbocycles. The van der Waals surface area contributed by atoms with Gasteiger partial charge in [-0.3, -0.25) is 0 Å². The molecule has 1 saturated heterocycles. The average molecular weight is 367 g/mol. The van der Waals surface area contributed by atoms with Crippen LogP contribution in [0.1, 0.15) is 25.7 Å². The number of hydrogen-bond donors (Lipinski definition) is 0. The quantitative estimate of drug-likeness (QED) is 0.749. The molecule has 3 fully saturated rings. The number of carbonyl (C=O) groups excluding carboxylic acids is 1. The van der Waals surface area contributed by atoms with Crippen molar-refractivity contribution in [1.82, 2.24) is 0 Å². The molecular formula is C17H20O4Se. The van der Waals surface area contributed by atoms with E-state index >= 15 is 0 Å². The first-order valence-corrected chi connectivity index (χ1v) is 10.5. The Morgan fingerprint density at radius 2 is 1.82 bits per heavy atom. The molecule has 1 aliphatic heterocycles. The van der Waals surface area contributed by atoms with Crippen LogP contribution in [0.2, 0.25) is 4.82 Å². The predicted octanol–water partition coefficient (Wildman–Crippen LogP) is 1.82. The third kappa shape index (κ3) is 2.31. The van der Waals surface area contributed by atoms with Crippen molar-refractivity contribution in [1.29, 1.82) is 0 Å². The first-order chi connectivity index (χ1) is 10.7. The van der Waals surface area contributed by atoms with Crippen LogP contribution in [-0.2, 0) is 18.1 Å². The van der Waals surface area contributed by atoms with Gasteiger partial charge in [-0.05, 0) is 0 Å². The van der Waals surface area contributed by atoms with Gasteiger partial charge in [0.1, 0.15) is 0 Å². The Balaban J connectivity index is 1.61. The van der Waals surface area contributed by atoms with Gasteiger partial charge in [-0.15, -0.1) is 0 Å². The Kier molecular flexibility index (Phi) is 3.77. The van der Waals surface area contributed by atoms with Crippen LogP contribution >= 0.6 is 0 Å². The van der Waals surface area contributed by atoms with Gasteiger partial charge < -0.3 is 0 Å². The monoisotopic (exact) mass is 368 g/mol. The summed E-state index contributed by atoms with van der Waals surface area (Å²) in [5.41, 5.74) is 0. The molecule has 0 aromatic heterocycles. The number of Topliss-reactive ketones (excluding diaryl/α,β-unsaturated/α-hetero) is 1. The first kappa shape index (κ1) is 14.7. The van der Waals surface area contributed by atoms with Gasteiger partial charge in [0.15, 0.2) is 0 Å². The zero-order valence-electron chi connectivity index (χ0n) is 12.4. The standard InChI is InChI=1S/C17H20O4Se/c18-16-12-6-7-17(20-8-9-21-17)13(10-12)11-15(16)22(19)14-4-2-1-3-5-14/h1-5,12-13,15H,6-11H2. The second-order valence-electron chi connectivity index (χ2n) is 6.41. The number of ether oxygens (including phenoxy) is 2. The van der Waals surface area contributed by atoms with E-state index in [1.165, 1.54) is 0 Å². The molecule has 4 rings (SSSR count). The SMILES string of the molecule is O=C1C2CCC3(OCCO3)C(C2)CC1[Se](=O)c1ccccc1. The third-order valence-corrected chi connectivity index (χ3v) is 8.78. The van der Waals surface area contributed by atoms with Crippen LogP contribution in [0, 0.1) is 11.8 Å². The van der Waals surface area contributed by atoms with Crippen LogP contribution < -0.4 is 4.46 Å². The van der Waals surface area contributed by atoms with E-state index in [9.17, 15) is 8.63 Å². The Hall–Kier alpha value is -0.871. The van der Waals surface area contributed by atoms with Crippen LogP contribution in [0.15, 0.2) is 30.3 Å². The summed E-state index contributed by atoms with van der Waals surface area (Å²) in [6.45, 7) is 1.27. The molecule has 2 saturated carbocycles. The van der Waals surface area contributed by atoms with Gasteiger partial charge in [-0.2, -0.15) is 0 Å². The molecule has 5 heteroatoms. The van der Waals surface area contributed by atoms with Crippen LogP contribution in [0.3, 0.4) is 0 Å². The summed E-state index contributed by atoms with van der Waals surface area (Å²) in [5, 5.41) is 0. The van der Waals surface area contributed by atoms with E-state index in [2.05, 4.69) is 0 Å². The van der Waals surface area contributed by atoms with Gasteiger partial charge in [-0.25, -0.2) is 0 Å². The van der Waals surface area contributed by atoms with Crippen molar-refractivity contribution >= 4 is 24.1 Å². The average Bonchev–Trinajstić information content (AvgIpc) is 3.03. The molecule has 2 bridgehead atoms. The van der Waals surface area contributed by atoms with Crippen molar-refractivity contribution < 1.29 is 18.1 Å². The fourth-order valence-electron chi connectivity index (χ4n) is 4.15. The van der Waals surface area contributed by atoms with Gasteiger partial charge >= 0.3 is 134 Å². The fraction of sp³-hybridized carbons (Fsp3) is 0.588. The summed E-state index contributed by atoms with van der Waals surface area (Å²) in [5.74, 6) is -0.0303. The molecule has 1 aromatic rings. The van der Waals surface area contributed by atoms with Crippen LogP contribution in [0.25, 0.3) is 0 Å². The molecular weight excluding hydrogens is 347 g/mol. The van der Waals surface area contributed by atoms with E-state index in [1.54, 1.807) is 0 Å². The summed E-state index contributed by atoms with van der Waals surface area (Å²) >= 11 is -2.37. The summed E-state index contributed by atoms with van der Waals surface area (Å²) in [7, 11) is 0. The van der Waals surface area contributed by atoms with E-state index in [4.69, 9.17) is 9.47 Å². The Labute approximate surface area is 134 Å². The number of carbonyl (C=O) groups is 1. The van der Waals surface area contributed by atoms with Gasteiger partial charge in [0.2, 0.25) is 0 Å². The summed E-state index contributed by atoms with van der Waals surface area (Å²) < 4.78 is 25.6.